The van der Waals surface area contributed by atoms with Crippen molar-refractivity contribution in [3.63, 3.8) is 0 Å². The molecular formula is C18H16N4O4S2. The van der Waals surface area contributed by atoms with Gasteiger partial charge in [0.2, 0.25) is 15.9 Å². The largest absolute Gasteiger partial charge is 0.497 e. The van der Waals surface area contributed by atoms with E-state index in [1.165, 1.54) is 12.3 Å². The molecule has 1 N–H and O–H groups in total. The van der Waals surface area contributed by atoms with E-state index in [4.69, 9.17) is 9.15 Å². The summed E-state index contributed by atoms with van der Waals surface area (Å²) < 4.78 is 46.5. The van der Waals surface area contributed by atoms with Crippen molar-refractivity contribution in [3.05, 3.63) is 54.4 Å². The highest BCUT2D eigenvalue weighted by Crippen LogP contribution is 2.23. The van der Waals surface area contributed by atoms with Crippen molar-refractivity contribution in [1.29, 1.82) is 0 Å². The molecule has 0 fully saturated rings. The van der Waals surface area contributed by atoms with Gasteiger partial charge in [0.05, 0.1) is 24.5 Å². The highest BCUT2D eigenvalue weighted by Gasteiger charge is 2.19. The Kier molecular flexibility index (Phi) is 5.07. The molecular weight excluding hydrogens is 400 g/mol. The van der Waals surface area contributed by atoms with E-state index in [0.717, 1.165) is 23.0 Å². The first-order chi connectivity index (χ1) is 13.6. The summed E-state index contributed by atoms with van der Waals surface area (Å²) in [7, 11) is -2.10. The SMILES string of the molecule is COc1ccc(-c2nc(CCNS(=O)(=O)c3cccc4nsnc34)co2)cc1. The van der Waals surface area contributed by atoms with Gasteiger partial charge in [-0.1, -0.05) is 6.07 Å². The molecule has 8 nitrogen and oxygen atoms in total. The van der Waals surface area contributed by atoms with Crippen molar-refractivity contribution in [2.24, 2.45) is 0 Å². The molecule has 4 rings (SSSR count). The van der Waals surface area contributed by atoms with Crippen LogP contribution >= 0.6 is 11.7 Å². The fourth-order valence-electron chi connectivity index (χ4n) is 2.68. The minimum absolute atomic E-state index is 0.123. The van der Waals surface area contributed by atoms with Gasteiger partial charge in [-0.05, 0) is 36.4 Å². The summed E-state index contributed by atoms with van der Waals surface area (Å²) in [4.78, 5) is 4.53. The van der Waals surface area contributed by atoms with Crippen molar-refractivity contribution in [2.45, 2.75) is 11.3 Å². The third-order valence-corrected chi connectivity index (χ3v) is 6.14. The van der Waals surface area contributed by atoms with Crippen LogP contribution in [0.5, 0.6) is 5.75 Å². The van der Waals surface area contributed by atoms with E-state index in [2.05, 4.69) is 18.5 Å². The molecule has 4 aromatic rings. The Balaban J connectivity index is 1.42. The Morgan fingerprint density at radius 3 is 2.75 bits per heavy atom. The van der Waals surface area contributed by atoms with Gasteiger partial charge in [0.1, 0.15) is 27.9 Å². The zero-order valence-corrected chi connectivity index (χ0v) is 16.5. The van der Waals surface area contributed by atoms with Crippen molar-refractivity contribution in [1.82, 2.24) is 18.5 Å². The predicted molar refractivity (Wildman–Crippen MR) is 105 cm³/mol. The van der Waals surface area contributed by atoms with E-state index >= 15 is 0 Å². The van der Waals surface area contributed by atoms with Crippen LogP contribution in [0.3, 0.4) is 0 Å². The first-order valence-corrected chi connectivity index (χ1v) is 10.6. The molecule has 0 atom stereocenters. The van der Waals surface area contributed by atoms with Crippen molar-refractivity contribution in [2.75, 3.05) is 13.7 Å². The van der Waals surface area contributed by atoms with Crippen LogP contribution in [-0.2, 0) is 16.4 Å². The molecule has 2 aromatic heterocycles. The second-order valence-electron chi connectivity index (χ2n) is 5.91. The summed E-state index contributed by atoms with van der Waals surface area (Å²) >= 11 is 0.984. The third-order valence-electron chi connectivity index (χ3n) is 4.10. The molecule has 0 saturated heterocycles. The van der Waals surface area contributed by atoms with Crippen LogP contribution in [-0.4, -0.2) is 35.8 Å². The van der Waals surface area contributed by atoms with Crippen molar-refractivity contribution < 1.29 is 17.6 Å². The summed E-state index contributed by atoms with van der Waals surface area (Å²) in [6.07, 6.45) is 1.92. The summed E-state index contributed by atoms with van der Waals surface area (Å²) in [5, 5.41) is 0. The summed E-state index contributed by atoms with van der Waals surface area (Å²) in [5.41, 5.74) is 2.41. The van der Waals surface area contributed by atoms with Crippen LogP contribution in [0.25, 0.3) is 22.5 Å². The molecule has 0 aliphatic carbocycles. The summed E-state index contributed by atoms with van der Waals surface area (Å²) in [5.74, 6) is 1.22. The van der Waals surface area contributed by atoms with Crippen LogP contribution in [0.4, 0.5) is 0 Å². The minimum atomic E-state index is -3.70. The molecule has 0 radical (unpaired) electrons. The number of methoxy groups -OCH3 is 1. The normalized spacial score (nSPS) is 11.8. The van der Waals surface area contributed by atoms with E-state index in [9.17, 15) is 8.42 Å². The number of ether oxygens (including phenoxy) is 1. The maximum absolute atomic E-state index is 12.6. The number of aromatic nitrogens is 3. The van der Waals surface area contributed by atoms with Gasteiger partial charge in [0, 0.05) is 18.5 Å². The first-order valence-electron chi connectivity index (χ1n) is 8.36. The summed E-state index contributed by atoms with van der Waals surface area (Å²) in [6.45, 7) is 0.185. The van der Waals surface area contributed by atoms with Crippen LogP contribution in [0.1, 0.15) is 5.69 Å². The number of nitrogens with zero attached hydrogens (tertiary/aromatic N) is 3. The van der Waals surface area contributed by atoms with Gasteiger partial charge in [-0.2, -0.15) is 8.75 Å². The van der Waals surface area contributed by atoms with Gasteiger partial charge in [-0.25, -0.2) is 18.1 Å². The van der Waals surface area contributed by atoms with Gasteiger partial charge in [0.15, 0.2) is 0 Å². The van der Waals surface area contributed by atoms with E-state index in [-0.39, 0.29) is 11.4 Å². The number of hydrogen-bond acceptors (Lipinski definition) is 8. The zero-order valence-electron chi connectivity index (χ0n) is 14.8. The van der Waals surface area contributed by atoms with Gasteiger partial charge >= 0.3 is 0 Å². The number of sulfonamides is 1. The van der Waals surface area contributed by atoms with Crippen LogP contribution in [0.15, 0.2) is 58.0 Å². The smallest absolute Gasteiger partial charge is 0.242 e. The predicted octanol–water partition coefficient (Wildman–Crippen LogP) is 2.88. The number of nitrogens with one attached hydrogen (secondary N) is 1. The monoisotopic (exact) mass is 416 g/mol. The number of hydrogen-bond donors (Lipinski definition) is 1. The van der Waals surface area contributed by atoms with E-state index in [1.807, 2.05) is 24.3 Å². The lowest BCUT2D eigenvalue weighted by Crippen LogP contribution is -2.26. The Bertz CT molecular complexity index is 1200. The van der Waals surface area contributed by atoms with Gasteiger partial charge in [-0.3, -0.25) is 0 Å². The fraction of sp³-hybridized carbons (Fsp3) is 0.167. The average Bonchev–Trinajstić information content (AvgIpc) is 3.37. The molecule has 0 aliphatic heterocycles. The lowest BCUT2D eigenvalue weighted by atomic mass is 10.2. The molecule has 0 saturated carbocycles. The van der Waals surface area contributed by atoms with Crippen LogP contribution < -0.4 is 9.46 Å². The summed E-state index contributed by atoms with van der Waals surface area (Å²) in [6, 6.07) is 12.2. The number of oxazole rings is 1. The number of fused-ring (bicyclic) bond motifs is 1. The van der Waals surface area contributed by atoms with Crippen LogP contribution in [0, 0.1) is 0 Å². The first kappa shape index (κ1) is 18.5. The lowest BCUT2D eigenvalue weighted by Gasteiger charge is -2.06. The van der Waals surface area contributed by atoms with Gasteiger partial charge in [0.25, 0.3) is 0 Å². The van der Waals surface area contributed by atoms with Gasteiger partial charge < -0.3 is 9.15 Å². The molecule has 2 aromatic carbocycles. The molecule has 10 heteroatoms. The quantitative estimate of drug-likeness (QED) is 0.493. The Hall–Kier alpha value is -2.82. The van der Waals surface area contributed by atoms with E-state index in [1.54, 1.807) is 19.2 Å². The molecule has 0 amide bonds. The topological polar surface area (TPSA) is 107 Å². The Labute approximate surface area is 165 Å². The zero-order chi connectivity index (χ0) is 19.6. The molecule has 144 valence electrons. The minimum Gasteiger partial charge on any atom is -0.497 e. The molecule has 0 bridgehead atoms. The van der Waals surface area contributed by atoms with E-state index < -0.39 is 10.0 Å². The number of rotatable bonds is 7. The molecule has 2 heterocycles. The Morgan fingerprint density at radius 2 is 1.96 bits per heavy atom. The standard InChI is InChI=1S/C18H16N4O4S2/c1-25-14-7-5-12(6-8-14)18-20-13(11-26-18)9-10-19-28(23,24)16-4-2-3-15-17(16)22-27-21-15/h2-8,11,19H,9-10H2,1H3. The highest BCUT2D eigenvalue weighted by molar-refractivity contribution is 7.89. The third kappa shape index (κ3) is 3.75. The Morgan fingerprint density at radius 1 is 1.14 bits per heavy atom. The highest BCUT2D eigenvalue weighted by atomic mass is 32.2. The molecule has 0 aliphatic rings. The lowest BCUT2D eigenvalue weighted by molar-refractivity contribution is 0.415. The molecule has 28 heavy (non-hydrogen) atoms. The molecule has 0 spiro atoms. The van der Waals surface area contributed by atoms with Crippen LogP contribution in [0.2, 0.25) is 0 Å². The second kappa shape index (κ2) is 7.66. The average molecular weight is 416 g/mol. The maximum Gasteiger partial charge on any atom is 0.242 e. The number of benzene rings is 2. The maximum atomic E-state index is 12.6. The van der Waals surface area contributed by atoms with Gasteiger partial charge in [-0.15, -0.1) is 0 Å². The van der Waals surface area contributed by atoms with Crippen molar-refractivity contribution >= 4 is 32.8 Å². The van der Waals surface area contributed by atoms with E-state index in [0.29, 0.717) is 29.0 Å². The fourth-order valence-corrected chi connectivity index (χ4v) is 4.47. The van der Waals surface area contributed by atoms with Crippen molar-refractivity contribution in [3.8, 4) is 17.2 Å². The second-order valence-corrected chi connectivity index (χ2v) is 8.17. The molecule has 0 unspecified atom stereocenters.